The lowest BCUT2D eigenvalue weighted by atomic mass is 10.3. The molecule has 18 heavy (non-hydrogen) atoms. The molecule has 2 rings (SSSR count). The number of carbonyl (C=O) groups is 2. The van der Waals surface area contributed by atoms with E-state index in [1.54, 1.807) is 24.3 Å². The number of hydrogen-bond acceptors (Lipinski definition) is 5. The van der Waals surface area contributed by atoms with Crippen LogP contribution in [0.1, 0.15) is 10.6 Å². The number of nitrogens with one attached hydrogen (secondary N) is 3. The third kappa shape index (κ3) is 2.78. The van der Waals surface area contributed by atoms with Crippen molar-refractivity contribution in [3.8, 4) is 0 Å². The fourth-order valence-electron chi connectivity index (χ4n) is 1.22. The Kier molecular flexibility index (Phi) is 3.14. The van der Waals surface area contributed by atoms with Crippen molar-refractivity contribution in [2.24, 2.45) is 5.73 Å². The Balaban J connectivity index is 2.02. The second-order valence-electron chi connectivity index (χ2n) is 3.26. The van der Waals surface area contributed by atoms with E-state index < -0.39 is 11.9 Å². The first-order chi connectivity index (χ1) is 8.65. The summed E-state index contributed by atoms with van der Waals surface area (Å²) < 4.78 is 0. The molecule has 0 aliphatic heterocycles. The van der Waals surface area contributed by atoms with Gasteiger partial charge in [-0.1, -0.05) is 0 Å². The zero-order chi connectivity index (χ0) is 13.0. The van der Waals surface area contributed by atoms with Gasteiger partial charge in [-0.3, -0.25) is 4.79 Å². The maximum Gasteiger partial charge on any atom is 0.316 e. The number of carbonyl (C=O) groups excluding carboxylic acids is 2. The molecule has 0 fully saturated rings. The van der Waals surface area contributed by atoms with Gasteiger partial charge in [-0.05, 0) is 29.5 Å². The summed E-state index contributed by atoms with van der Waals surface area (Å²) in [7, 11) is 0. The highest BCUT2D eigenvalue weighted by Gasteiger charge is 2.10. The fourth-order valence-corrected chi connectivity index (χ4v) is 1.22. The van der Waals surface area contributed by atoms with Crippen LogP contribution < -0.4 is 16.4 Å². The maximum atomic E-state index is 11.6. The number of urea groups is 1. The number of anilines is 2. The van der Waals surface area contributed by atoms with E-state index in [9.17, 15) is 9.59 Å². The molecule has 0 atom stereocenters. The number of tetrazole rings is 1. The molecule has 0 aliphatic carbocycles. The smallest absolute Gasteiger partial charge is 0.316 e. The second kappa shape index (κ2) is 4.91. The molecule has 3 amide bonds. The number of hydrogen-bond donors (Lipinski definition) is 4. The van der Waals surface area contributed by atoms with Crippen molar-refractivity contribution in [2.75, 3.05) is 10.6 Å². The number of primary amides is 1. The Morgan fingerprint density at radius 3 is 2.22 bits per heavy atom. The molecule has 1 aromatic carbocycles. The molecule has 9 heteroatoms. The van der Waals surface area contributed by atoms with Crippen LogP contribution in [0.5, 0.6) is 0 Å². The molecule has 0 spiro atoms. The second-order valence-corrected chi connectivity index (χ2v) is 3.26. The van der Waals surface area contributed by atoms with Crippen molar-refractivity contribution >= 4 is 23.3 Å². The average molecular weight is 247 g/mol. The fraction of sp³-hybridized carbons (Fsp3) is 0. The summed E-state index contributed by atoms with van der Waals surface area (Å²) in [6, 6.07) is 5.73. The van der Waals surface area contributed by atoms with Gasteiger partial charge in [0.2, 0.25) is 0 Å². The van der Waals surface area contributed by atoms with E-state index in [-0.39, 0.29) is 5.82 Å². The summed E-state index contributed by atoms with van der Waals surface area (Å²) in [5, 5.41) is 17.5. The van der Waals surface area contributed by atoms with Gasteiger partial charge in [-0.2, -0.15) is 5.21 Å². The summed E-state index contributed by atoms with van der Waals surface area (Å²) in [6.07, 6.45) is 0. The van der Waals surface area contributed by atoms with Gasteiger partial charge in [0, 0.05) is 11.4 Å². The lowest BCUT2D eigenvalue weighted by Crippen LogP contribution is -2.19. The first kappa shape index (κ1) is 11.5. The van der Waals surface area contributed by atoms with Crippen LogP contribution in [-0.4, -0.2) is 32.6 Å². The summed E-state index contributed by atoms with van der Waals surface area (Å²) in [5.74, 6) is -0.548. The van der Waals surface area contributed by atoms with Gasteiger partial charge in [0.1, 0.15) is 0 Å². The molecular formula is C9H9N7O2. The van der Waals surface area contributed by atoms with E-state index in [1.807, 2.05) is 0 Å². The first-order valence-electron chi connectivity index (χ1n) is 4.86. The Morgan fingerprint density at radius 2 is 1.72 bits per heavy atom. The average Bonchev–Trinajstić information content (AvgIpc) is 2.84. The molecule has 5 N–H and O–H groups in total. The molecule has 2 aromatic rings. The molecule has 9 nitrogen and oxygen atoms in total. The number of aromatic amines is 1. The van der Waals surface area contributed by atoms with E-state index in [0.717, 1.165) is 0 Å². The van der Waals surface area contributed by atoms with Crippen LogP contribution in [0.3, 0.4) is 0 Å². The minimum atomic E-state index is -0.654. The lowest BCUT2D eigenvalue weighted by Gasteiger charge is -2.04. The number of nitrogens with two attached hydrogens (primary N) is 1. The molecule has 0 saturated heterocycles. The molecular weight excluding hydrogens is 238 g/mol. The van der Waals surface area contributed by atoms with Gasteiger partial charge >= 0.3 is 6.03 Å². The van der Waals surface area contributed by atoms with Crippen molar-refractivity contribution in [3.05, 3.63) is 30.1 Å². The van der Waals surface area contributed by atoms with Crippen LogP contribution in [0.2, 0.25) is 0 Å². The van der Waals surface area contributed by atoms with Crippen molar-refractivity contribution in [2.45, 2.75) is 0 Å². The van der Waals surface area contributed by atoms with Gasteiger partial charge in [0.05, 0.1) is 0 Å². The highest BCUT2D eigenvalue weighted by Crippen LogP contribution is 2.13. The minimum absolute atomic E-state index is 0.0608. The number of amides is 3. The molecule has 0 saturated carbocycles. The largest absolute Gasteiger partial charge is 0.351 e. The predicted molar refractivity (Wildman–Crippen MR) is 61.8 cm³/mol. The zero-order valence-corrected chi connectivity index (χ0v) is 9.04. The van der Waals surface area contributed by atoms with Gasteiger partial charge in [-0.15, -0.1) is 10.2 Å². The summed E-state index contributed by atoms with van der Waals surface area (Å²) >= 11 is 0. The Bertz CT molecular complexity index is 549. The predicted octanol–water partition coefficient (Wildman–Crippen LogP) is -0.0574. The molecule has 0 aliphatic rings. The van der Waals surface area contributed by atoms with Gasteiger partial charge < -0.3 is 16.4 Å². The van der Waals surface area contributed by atoms with Crippen LogP contribution in [0.25, 0.3) is 0 Å². The van der Waals surface area contributed by atoms with Gasteiger partial charge in [-0.25, -0.2) is 4.79 Å². The summed E-state index contributed by atoms with van der Waals surface area (Å²) in [5.41, 5.74) is 6.02. The SMILES string of the molecule is NC(=O)Nc1ccc(NC(=O)c2nn[nH]n2)cc1. The highest BCUT2D eigenvalue weighted by molar-refractivity contribution is 6.01. The van der Waals surface area contributed by atoms with Crippen LogP contribution in [-0.2, 0) is 0 Å². The first-order valence-corrected chi connectivity index (χ1v) is 4.86. The number of benzene rings is 1. The number of aromatic nitrogens is 4. The van der Waals surface area contributed by atoms with Crippen LogP contribution in [0, 0.1) is 0 Å². The number of nitrogens with zero attached hydrogens (tertiary/aromatic N) is 3. The lowest BCUT2D eigenvalue weighted by molar-refractivity contribution is 0.101. The van der Waals surface area contributed by atoms with E-state index >= 15 is 0 Å². The van der Waals surface area contributed by atoms with Crippen molar-refractivity contribution in [1.82, 2.24) is 20.6 Å². The van der Waals surface area contributed by atoms with Crippen molar-refractivity contribution in [1.29, 1.82) is 0 Å². The van der Waals surface area contributed by atoms with E-state index in [2.05, 4.69) is 31.3 Å². The van der Waals surface area contributed by atoms with Crippen LogP contribution >= 0.6 is 0 Å². The molecule has 0 bridgehead atoms. The highest BCUT2D eigenvalue weighted by atomic mass is 16.2. The minimum Gasteiger partial charge on any atom is -0.351 e. The summed E-state index contributed by atoms with van der Waals surface area (Å²) in [4.78, 5) is 22.2. The topological polar surface area (TPSA) is 139 Å². The Morgan fingerprint density at radius 1 is 1.11 bits per heavy atom. The molecule has 1 aromatic heterocycles. The molecule has 1 heterocycles. The Labute approximate surface area is 101 Å². The molecule has 92 valence electrons. The molecule has 0 radical (unpaired) electrons. The van der Waals surface area contributed by atoms with Crippen LogP contribution in [0.15, 0.2) is 24.3 Å². The number of H-pyrrole nitrogens is 1. The van der Waals surface area contributed by atoms with Crippen LogP contribution in [0.4, 0.5) is 16.2 Å². The third-order valence-electron chi connectivity index (χ3n) is 1.96. The van der Waals surface area contributed by atoms with E-state index in [4.69, 9.17) is 5.73 Å². The zero-order valence-electron chi connectivity index (χ0n) is 9.04. The van der Waals surface area contributed by atoms with E-state index in [1.165, 1.54) is 0 Å². The van der Waals surface area contributed by atoms with E-state index in [0.29, 0.717) is 11.4 Å². The normalized spacial score (nSPS) is 9.78. The third-order valence-corrected chi connectivity index (χ3v) is 1.96. The quantitative estimate of drug-likeness (QED) is 0.601. The Hall–Kier alpha value is -2.97. The van der Waals surface area contributed by atoms with Crippen molar-refractivity contribution in [3.63, 3.8) is 0 Å². The maximum absolute atomic E-state index is 11.6. The van der Waals surface area contributed by atoms with Crippen molar-refractivity contribution < 1.29 is 9.59 Å². The van der Waals surface area contributed by atoms with Gasteiger partial charge in [0.25, 0.3) is 11.7 Å². The van der Waals surface area contributed by atoms with Gasteiger partial charge in [0.15, 0.2) is 0 Å². The standard InChI is InChI=1S/C9H9N7O2/c10-9(18)12-6-3-1-5(2-4-6)11-8(17)7-13-15-16-14-7/h1-4H,(H,11,17)(H3,10,12,18)(H,13,14,15,16). The molecule has 0 unspecified atom stereocenters. The monoisotopic (exact) mass is 247 g/mol. The number of rotatable bonds is 3. The summed E-state index contributed by atoms with van der Waals surface area (Å²) in [6.45, 7) is 0.